The number of benzene rings is 1. The Morgan fingerprint density at radius 1 is 1.10 bits per heavy atom. The average Bonchev–Trinajstić information content (AvgIpc) is 2.78. The number of nitrogens with zero attached hydrogens (tertiary/aromatic N) is 1. The predicted molar refractivity (Wildman–Crippen MR) is 84.6 cm³/mol. The van der Waals surface area contributed by atoms with Crippen molar-refractivity contribution in [2.75, 3.05) is 6.54 Å². The lowest BCUT2D eigenvalue weighted by atomic mass is 9.83. The van der Waals surface area contributed by atoms with Gasteiger partial charge < -0.3 is 4.90 Å². The van der Waals surface area contributed by atoms with Gasteiger partial charge >= 0.3 is 0 Å². The molecule has 1 amide bonds. The number of carbonyl (C=O) groups is 1. The highest BCUT2D eigenvalue weighted by Crippen LogP contribution is 2.31. The second-order valence-corrected chi connectivity index (χ2v) is 6.80. The highest BCUT2D eigenvalue weighted by Gasteiger charge is 2.38. The van der Waals surface area contributed by atoms with Crippen LogP contribution >= 0.6 is 0 Å². The minimum Gasteiger partial charge on any atom is -0.325 e. The first-order valence-corrected chi connectivity index (χ1v) is 8.26. The molecule has 3 rings (SSSR count). The van der Waals surface area contributed by atoms with Crippen LogP contribution in [-0.2, 0) is 4.79 Å². The lowest BCUT2D eigenvalue weighted by molar-refractivity contribution is -0.130. The monoisotopic (exact) mass is 286 g/mol. The van der Waals surface area contributed by atoms with Crippen molar-refractivity contribution in [2.45, 2.75) is 51.7 Å². The number of amides is 1. The average molecular weight is 286 g/mol. The van der Waals surface area contributed by atoms with Crippen LogP contribution in [-0.4, -0.2) is 23.5 Å². The van der Waals surface area contributed by atoms with E-state index in [-0.39, 0.29) is 18.1 Å². The molecule has 0 radical (unpaired) electrons. The Morgan fingerprint density at radius 2 is 1.76 bits per heavy atom. The van der Waals surface area contributed by atoms with Gasteiger partial charge in [0.1, 0.15) is 6.04 Å². The number of nitrogens with one attached hydrogen (secondary N) is 1. The summed E-state index contributed by atoms with van der Waals surface area (Å²) in [6.07, 6.45) is 5.32. The van der Waals surface area contributed by atoms with Gasteiger partial charge in [0.15, 0.2) is 0 Å². The lowest BCUT2D eigenvalue weighted by Crippen LogP contribution is -2.39. The summed E-state index contributed by atoms with van der Waals surface area (Å²) in [5.74, 6) is 1.79. The fourth-order valence-corrected chi connectivity index (χ4v) is 3.68. The van der Waals surface area contributed by atoms with Crippen LogP contribution in [0.1, 0.15) is 51.1 Å². The predicted octanol–water partition coefficient (Wildman–Crippen LogP) is 3.33. The van der Waals surface area contributed by atoms with E-state index in [1.807, 2.05) is 30.3 Å². The third kappa shape index (κ3) is 3.13. The molecule has 1 aromatic rings. The molecule has 1 saturated carbocycles. The van der Waals surface area contributed by atoms with E-state index in [4.69, 9.17) is 0 Å². The minimum atomic E-state index is -0.163. The molecule has 1 N–H and O–H groups in total. The summed E-state index contributed by atoms with van der Waals surface area (Å²) in [7, 11) is 0. The number of hydrogen-bond donors (Lipinski definition) is 1. The van der Waals surface area contributed by atoms with Gasteiger partial charge in [-0.3, -0.25) is 10.1 Å². The molecule has 1 aromatic carbocycles. The molecular weight excluding hydrogens is 260 g/mol. The second-order valence-electron chi connectivity index (χ2n) is 6.80. The SMILES string of the molecule is CC1CCC(CN2C(=O)C(c3ccccc3)NC2C)CC1. The van der Waals surface area contributed by atoms with E-state index in [2.05, 4.69) is 24.1 Å². The topological polar surface area (TPSA) is 32.3 Å². The van der Waals surface area contributed by atoms with Crippen molar-refractivity contribution in [2.24, 2.45) is 11.8 Å². The van der Waals surface area contributed by atoms with Crippen molar-refractivity contribution in [3.05, 3.63) is 35.9 Å². The molecule has 3 heteroatoms. The molecule has 3 nitrogen and oxygen atoms in total. The van der Waals surface area contributed by atoms with Gasteiger partial charge in [-0.1, -0.05) is 50.1 Å². The molecule has 2 fully saturated rings. The molecule has 0 bridgehead atoms. The van der Waals surface area contributed by atoms with Crippen LogP contribution in [0, 0.1) is 11.8 Å². The Labute approximate surface area is 127 Å². The maximum atomic E-state index is 12.7. The zero-order chi connectivity index (χ0) is 14.8. The summed E-state index contributed by atoms with van der Waals surface area (Å²) in [5.41, 5.74) is 1.08. The van der Waals surface area contributed by atoms with Crippen molar-refractivity contribution in [3.63, 3.8) is 0 Å². The molecular formula is C18H26N2O. The smallest absolute Gasteiger partial charge is 0.245 e. The molecule has 1 heterocycles. The molecule has 1 aliphatic carbocycles. The number of carbonyl (C=O) groups excluding carboxylic acids is 1. The van der Waals surface area contributed by atoms with Gasteiger partial charge in [-0.05, 0) is 37.2 Å². The summed E-state index contributed by atoms with van der Waals surface area (Å²) < 4.78 is 0. The second kappa shape index (κ2) is 6.18. The first-order chi connectivity index (χ1) is 10.1. The van der Waals surface area contributed by atoms with E-state index in [9.17, 15) is 4.79 Å². The Hall–Kier alpha value is -1.35. The van der Waals surface area contributed by atoms with Crippen molar-refractivity contribution >= 4 is 5.91 Å². The summed E-state index contributed by atoms with van der Waals surface area (Å²) >= 11 is 0. The van der Waals surface area contributed by atoms with Crippen LogP contribution in [0.5, 0.6) is 0 Å². The third-order valence-electron chi connectivity index (χ3n) is 5.13. The zero-order valence-electron chi connectivity index (χ0n) is 13.1. The molecule has 2 aliphatic rings. The van der Waals surface area contributed by atoms with Crippen molar-refractivity contribution in [1.82, 2.24) is 10.2 Å². The maximum Gasteiger partial charge on any atom is 0.245 e. The summed E-state index contributed by atoms with van der Waals surface area (Å²) in [4.78, 5) is 14.8. The van der Waals surface area contributed by atoms with E-state index >= 15 is 0 Å². The van der Waals surface area contributed by atoms with E-state index in [0.717, 1.165) is 18.0 Å². The van der Waals surface area contributed by atoms with Crippen LogP contribution in [0.2, 0.25) is 0 Å². The van der Waals surface area contributed by atoms with Gasteiger partial charge in [0.05, 0.1) is 6.17 Å². The van der Waals surface area contributed by atoms with E-state index in [1.165, 1.54) is 25.7 Å². The molecule has 2 unspecified atom stereocenters. The standard InChI is InChI=1S/C18H26N2O/c1-13-8-10-15(11-9-13)12-20-14(2)19-17(18(20)21)16-6-4-3-5-7-16/h3-7,13-15,17,19H,8-12H2,1-2H3. The largest absolute Gasteiger partial charge is 0.325 e. The molecule has 2 atom stereocenters. The van der Waals surface area contributed by atoms with Crippen molar-refractivity contribution in [1.29, 1.82) is 0 Å². The maximum absolute atomic E-state index is 12.7. The van der Waals surface area contributed by atoms with Crippen LogP contribution in [0.4, 0.5) is 0 Å². The van der Waals surface area contributed by atoms with Gasteiger partial charge in [-0.25, -0.2) is 0 Å². The Bertz CT molecular complexity index is 479. The molecule has 21 heavy (non-hydrogen) atoms. The first kappa shape index (κ1) is 14.6. The first-order valence-electron chi connectivity index (χ1n) is 8.26. The van der Waals surface area contributed by atoms with Gasteiger partial charge in [-0.2, -0.15) is 0 Å². The quantitative estimate of drug-likeness (QED) is 0.924. The van der Waals surface area contributed by atoms with E-state index in [1.54, 1.807) is 0 Å². The van der Waals surface area contributed by atoms with Gasteiger partial charge in [-0.15, -0.1) is 0 Å². The van der Waals surface area contributed by atoms with Crippen LogP contribution < -0.4 is 5.32 Å². The fraction of sp³-hybridized carbons (Fsp3) is 0.611. The van der Waals surface area contributed by atoms with Gasteiger partial charge in [0.2, 0.25) is 5.91 Å². The van der Waals surface area contributed by atoms with Gasteiger partial charge in [0, 0.05) is 6.54 Å². The Kier molecular flexibility index (Phi) is 4.29. The highest BCUT2D eigenvalue weighted by atomic mass is 16.2. The molecule has 1 saturated heterocycles. The Morgan fingerprint density at radius 3 is 2.43 bits per heavy atom. The van der Waals surface area contributed by atoms with E-state index in [0.29, 0.717) is 5.92 Å². The molecule has 114 valence electrons. The van der Waals surface area contributed by atoms with Crippen molar-refractivity contribution < 1.29 is 4.79 Å². The van der Waals surface area contributed by atoms with Crippen LogP contribution in [0.25, 0.3) is 0 Å². The highest BCUT2D eigenvalue weighted by molar-refractivity contribution is 5.85. The van der Waals surface area contributed by atoms with Crippen molar-refractivity contribution in [3.8, 4) is 0 Å². The normalized spacial score (nSPS) is 33.4. The lowest BCUT2D eigenvalue weighted by Gasteiger charge is -2.31. The zero-order valence-corrected chi connectivity index (χ0v) is 13.1. The number of hydrogen-bond acceptors (Lipinski definition) is 2. The molecule has 1 aliphatic heterocycles. The van der Waals surface area contributed by atoms with Crippen LogP contribution in [0.3, 0.4) is 0 Å². The third-order valence-corrected chi connectivity index (χ3v) is 5.13. The van der Waals surface area contributed by atoms with E-state index < -0.39 is 0 Å². The Balaban J connectivity index is 1.65. The molecule has 0 spiro atoms. The summed E-state index contributed by atoms with van der Waals surface area (Å²) in [6.45, 7) is 5.36. The summed E-state index contributed by atoms with van der Waals surface area (Å²) in [5, 5.41) is 3.44. The minimum absolute atomic E-state index is 0.141. The number of rotatable bonds is 3. The van der Waals surface area contributed by atoms with Crippen LogP contribution in [0.15, 0.2) is 30.3 Å². The summed E-state index contributed by atoms with van der Waals surface area (Å²) in [6, 6.07) is 9.90. The van der Waals surface area contributed by atoms with Gasteiger partial charge in [0.25, 0.3) is 0 Å². The fourth-order valence-electron chi connectivity index (χ4n) is 3.68. The molecule has 0 aromatic heterocycles.